The fraction of sp³-hybridized carbons (Fsp3) is 0.459. The van der Waals surface area contributed by atoms with Crippen LogP contribution in [0.15, 0.2) is 52.3 Å². The van der Waals surface area contributed by atoms with Crippen LogP contribution in [-0.2, 0) is 19.1 Å². The predicted octanol–water partition coefficient (Wildman–Crippen LogP) is 5.53. The van der Waals surface area contributed by atoms with Gasteiger partial charge in [0.25, 0.3) is 5.91 Å². The number of aliphatic imine (C=N–C) groups is 1. The van der Waals surface area contributed by atoms with Gasteiger partial charge >= 0.3 is 12.2 Å². The van der Waals surface area contributed by atoms with E-state index in [1.165, 1.54) is 18.9 Å². The Bertz CT molecular complexity index is 2010. The number of hydrogen-bond donors (Lipinski definition) is 4. The molecule has 3 unspecified atom stereocenters. The number of carbonyl (C=O) groups excluding carboxylic acids is 4. The van der Waals surface area contributed by atoms with Gasteiger partial charge in [-0.1, -0.05) is 44.2 Å². The monoisotopic (exact) mass is 760 g/mol. The molecule has 0 radical (unpaired) electrons. The summed E-state index contributed by atoms with van der Waals surface area (Å²) in [5, 5.41) is 13.4. The molecule has 4 N–H and O–H groups in total. The summed E-state index contributed by atoms with van der Waals surface area (Å²) >= 11 is 3.36. The average molecular weight is 761 g/mol. The number of carbonyl (C=O) groups is 4. The van der Waals surface area contributed by atoms with Gasteiger partial charge in [0.2, 0.25) is 5.91 Å². The van der Waals surface area contributed by atoms with Gasteiger partial charge in [0, 0.05) is 29.6 Å². The highest BCUT2D eigenvalue weighted by Crippen LogP contribution is 2.43. The number of H-pyrrole nitrogens is 1. The third-order valence-corrected chi connectivity index (χ3v) is 12.5. The number of likely N-dealkylation sites (tertiary alicyclic amines) is 2. The number of methoxy groups -OCH3 is 2. The Labute approximate surface area is 315 Å². The van der Waals surface area contributed by atoms with Gasteiger partial charge in [-0.05, 0) is 42.5 Å². The fourth-order valence-electron chi connectivity index (χ4n) is 7.53. The summed E-state index contributed by atoms with van der Waals surface area (Å²) in [5.41, 5.74) is 3.79. The van der Waals surface area contributed by atoms with E-state index in [4.69, 9.17) is 19.5 Å². The minimum absolute atomic E-state index is 0.0381. The molecule has 2 saturated heterocycles. The van der Waals surface area contributed by atoms with Gasteiger partial charge in [0.15, 0.2) is 0 Å². The van der Waals surface area contributed by atoms with Crippen molar-refractivity contribution in [2.24, 2.45) is 10.9 Å². The maximum Gasteiger partial charge on any atom is 0.407 e. The smallest absolute Gasteiger partial charge is 0.407 e. The highest BCUT2D eigenvalue weighted by atomic mass is 32.1. The van der Waals surface area contributed by atoms with E-state index < -0.39 is 24.3 Å². The van der Waals surface area contributed by atoms with Crippen molar-refractivity contribution in [3.63, 3.8) is 0 Å². The molecular formula is C37H44N8O6S2. The van der Waals surface area contributed by atoms with Crippen molar-refractivity contribution in [2.75, 3.05) is 33.9 Å². The summed E-state index contributed by atoms with van der Waals surface area (Å²) in [6.45, 7) is 5.51. The number of benzene rings is 1. The van der Waals surface area contributed by atoms with Crippen molar-refractivity contribution in [1.29, 1.82) is 0 Å². The molecule has 1 aromatic carbocycles. The van der Waals surface area contributed by atoms with Gasteiger partial charge in [0.1, 0.15) is 23.7 Å². The third kappa shape index (κ3) is 7.21. The Morgan fingerprint density at radius 3 is 2.28 bits per heavy atom. The number of amides is 4. The van der Waals surface area contributed by atoms with Gasteiger partial charge in [-0.3, -0.25) is 14.6 Å². The summed E-state index contributed by atoms with van der Waals surface area (Å²) in [7, 11) is 2.57. The first kappa shape index (κ1) is 36.4. The molecular weight excluding hydrogens is 717 g/mol. The number of hydrogen-bond acceptors (Lipinski definition) is 11. The maximum atomic E-state index is 14.0. The molecule has 4 aromatic rings. The van der Waals surface area contributed by atoms with E-state index in [1.807, 2.05) is 60.2 Å². The first-order chi connectivity index (χ1) is 25.7. The lowest BCUT2D eigenvalue weighted by Gasteiger charge is -2.30. The van der Waals surface area contributed by atoms with Crippen LogP contribution in [0.4, 0.5) is 9.59 Å². The first-order valence-corrected chi connectivity index (χ1v) is 19.6. The van der Waals surface area contributed by atoms with Gasteiger partial charge in [-0.2, -0.15) is 0 Å². The number of aromatic nitrogens is 2. The number of thiophene rings is 2. The molecule has 280 valence electrons. The maximum absolute atomic E-state index is 14.0. The number of aromatic amines is 1. The van der Waals surface area contributed by atoms with Crippen molar-refractivity contribution < 1.29 is 28.7 Å². The topological polar surface area (TPSA) is 170 Å². The number of alkyl carbamates (subject to hydrolysis) is 2. The molecule has 7 rings (SSSR count). The summed E-state index contributed by atoms with van der Waals surface area (Å²) in [5.74, 6) is 1.07. The van der Waals surface area contributed by atoms with Crippen LogP contribution in [0, 0.1) is 5.92 Å². The molecule has 0 aliphatic carbocycles. The van der Waals surface area contributed by atoms with Crippen molar-refractivity contribution in [3.05, 3.63) is 64.2 Å². The molecule has 5 atom stereocenters. The molecule has 3 aromatic heterocycles. The second kappa shape index (κ2) is 15.6. The fourth-order valence-corrected chi connectivity index (χ4v) is 10.0. The molecule has 0 saturated carbocycles. The van der Waals surface area contributed by atoms with Crippen molar-refractivity contribution in [1.82, 2.24) is 35.7 Å². The SMILES string of the molecule is COC(=O)N[C@H](C(=O)N1CCCC1c1ncc(-c2csc3c(C4CN=C(C5CCCN5C(=O)[C@H](NC(=O)OC)c5ccccc5)N4)csc23)[nH]1)C(C)C. The lowest BCUT2D eigenvalue weighted by atomic mass is 10.0. The van der Waals surface area contributed by atoms with Crippen molar-refractivity contribution >= 4 is 61.9 Å². The van der Waals surface area contributed by atoms with Crippen LogP contribution in [0.5, 0.6) is 0 Å². The lowest BCUT2D eigenvalue weighted by molar-refractivity contribution is -0.135. The number of rotatable bonds is 10. The Hall–Kier alpha value is -4.96. The van der Waals surface area contributed by atoms with Gasteiger partial charge in [0.05, 0.1) is 60.2 Å². The minimum atomic E-state index is -0.871. The van der Waals surface area contributed by atoms with E-state index in [1.54, 1.807) is 22.7 Å². The van der Waals surface area contributed by atoms with Crippen LogP contribution in [-0.4, -0.2) is 95.5 Å². The van der Waals surface area contributed by atoms with E-state index >= 15 is 0 Å². The number of imidazole rings is 1. The highest BCUT2D eigenvalue weighted by Gasteiger charge is 2.40. The zero-order valence-corrected chi connectivity index (χ0v) is 31.7. The van der Waals surface area contributed by atoms with Crippen LogP contribution < -0.4 is 16.0 Å². The Balaban J connectivity index is 1.05. The van der Waals surface area contributed by atoms with E-state index in [2.05, 4.69) is 31.7 Å². The summed E-state index contributed by atoms with van der Waals surface area (Å²) in [6.07, 6.45) is 3.77. The van der Waals surface area contributed by atoms with E-state index in [0.717, 1.165) is 58.9 Å². The average Bonchev–Trinajstić information content (AvgIpc) is 4.01. The van der Waals surface area contributed by atoms with Crippen LogP contribution in [0.25, 0.3) is 20.7 Å². The first-order valence-electron chi connectivity index (χ1n) is 17.9. The Morgan fingerprint density at radius 1 is 0.887 bits per heavy atom. The predicted molar refractivity (Wildman–Crippen MR) is 203 cm³/mol. The van der Waals surface area contributed by atoms with Gasteiger partial charge < -0.3 is 40.2 Å². The second-order valence-corrected chi connectivity index (χ2v) is 15.6. The number of nitrogens with one attached hydrogen (secondary N) is 4. The summed E-state index contributed by atoms with van der Waals surface area (Å²) in [4.78, 5) is 68.6. The molecule has 0 bridgehead atoms. The van der Waals surface area contributed by atoms with E-state index in [9.17, 15) is 19.2 Å². The molecule has 0 spiro atoms. The molecule has 4 amide bonds. The largest absolute Gasteiger partial charge is 0.453 e. The summed E-state index contributed by atoms with van der Waals surface area (Å²) in [6, 6.07) is 7.16. The molecule has 6 heterocycles. The van der Waals surface area contributed by atoms with Crippen LogP contribution in [0.1, 0.15) is 74.6 Å². The standard InChI is InChI=1S/C37H44N8O6S2/c1-20(2)28(42-36(48)50-3)34(46)44-14-8-12-26(44)32-38-16-24(40-32)22-18-52-31-23(19-53-30(22)31)25-17-39-33(41-25)27-13-9-15-45(27)35(47)29(43-37(49)51-4)21-10-6-5-7-11-21/h5-7,10-11,16,18-20,25-29H,8-9,12-15,17H2,1-4H3,(H,38,40)(H,39,41)(H,42,48)(H,43,49)/t25?,26?,27?,28-,29+/m0/s1. The Morgan fingerprint density at radius 2 is 1.57 bits per heavy atom. The normalized spacial score (nSPS) is 21.0. The zero-order chi connectivity index (χ0) is 37.2. The molecule has 3 aliphatic rings. The summed E-state index contributed by atoms with van der Waals surface area (Å²) < 4.78 is 11.9. The highest BCUT2D eigenvalue weighted by molar-refractivity contribution is 7.27. The van der Waals surface area contributed by atoms with Crippen LogP contribution >= 0.6 is 22.7 Å². The van der Waals surface area contributed by atoms with E-state index in [0.29, 0.717) is 25.2 Å². The number of fused-ring (bicyclic) bond motifs is 1. The second-order valence-electron chi connectivity index (χ2n) is 13.8. The number of ether oxygens (including phenoxy) is 2. The molecule has 2 fully saturated rings. The lowest BCUT2D eigenvalue weighted by Crippen LogP contribution is -2.51. The van der Waals surface area contributed by atoms with Crippen molar-refractivity contribution in [2.45, 2.75) is 69.7 Å². The third-order valence-electron chi connectivity index (χ3n) is 10.3. The molecule has 3 aliphatic heterocycles. The van der Waals surface area contributed by atoms with E-state index in [-0.39, 0.29) is 35.9 Å². The molecule has 14 nitrogen and oxygen atoms in total. The molecule has 16 heteroatoms. The quantitative estimate of drug-likeness (QED) is 0.164. The zero-order valence-electron chi connectivity index (χ0n) is 30.1. The van der Waals surface area contributed by atoms with Crippen LogP contribution in [0.3, 0.4) is 0 Å². The van der Waals surface area contributed by atoms with Crippen molar-refractivity contribution in [3.8, 4) is 11.3 Å². The number of amidine groups is 1. The number of nitrogens with zero attached hydrogens (tertiary/aromatic N) is 4. The minimum Gasteiger partial charge on any atom is -0.453 e. The van der Waals surface area contributed by atoms with Crippen LogP contribution in [0.2, 0.25) is 0 Å². The molecule has 53 heavy (non-hydrogen) atoms. The van der Waals surface area contributed by atoms with Gasteiger partial charge in [-0.15, -0.1) is 22.7 Å². The Kier molecular flexibility index (Phi) is 10.7. The van der Waals surface area contributed by atoms with Gasteiger partial charge in [-0.25, -0.2) is 14.6 Å².